The molecule has 2 N–H and O–H groups in total. The minimum Gasteiger partial charge on any atom is -0.478 e. The van der Waals surface area contributed by atoms with Crippen LogP contribution in [0.25, 0.3) is 23.1 Å². The molecule has 7 heteroatoms. The van der Waals surface area contributed by atoms with Crippen molar-refractivity contribution in [2.75, 3.05) is 4.90 Å². The van der Waals surface area contributed by atoms with Crippen LogP contribution in [0.2, 0.25) is 0 Å². The maximum absolute atomic E-state index is 13.0. The number of hydrogen-bond donors (Lipinski definition) is 2. The van der Waals surface area contributed by atoms with Gasteiger partial charge < -0.3 is 5.11 Å². The molecule has 1 aromatic heterocycles. The lowest BCUT2D eigenvalue weighted by Crippen LogP contribution is -2.30. The van der Waals surface area contributed by atoms with Gasteiger partial charge in [0.1, 0.15) is 0 Å². The van der Waals surface area contributed by atoms with Crippen molar-refractivity contribution in [1.82, 2.24) is 10.2 Å². The Balaban J connectivity index is 1.62. The first-order valence-corrected chi connectivity index (χ1v) is 9.51. The molecule has 150 valence electrons. The first-order chi connectivity index (χ1) is 15.0. The molecule has 1 aliphatic heterocycles. The van der Waals surface area contributed by atoms with Crippen molar-refractivity contribution < 1.29 is 19.5 Å². The summed E-state index contributed by atoms with van der Waals surface area (Å²) >= 11 is 0. The van der Waals surface area contributed by atoms with Crippen molar-refractivity contribution in [2.24, 2.45) is 0 Å². The Hall–Kier alpha value is -4.52. The Morgan fingerprint density at radius 2 is 1.58 bits per heavy atom. The molecule has 0 fully saturated rings. The van der Waals surface area contributed by atoms with Crippen molar-refractivity contribution in [1.29, 1.82) is 0 Å². The number of H-pyrrole nitrogens is 1. The number of hydrogen-bond acceptors (Lipinski definition) is 4. The van der Waals surface area contributed by atoms with Crippen LogP contribution in [0.4, 0.5) is 5.69 Å². The summed E-state index contributed by atoms with van der Waals surface area (Å²) in [5.41, 5.74) is 2.86. The number of carboxylic acid groups (broad SMARTS) is 1. The number of para-hydroxylation sites is 1. The Morgan fingerprint density at radius 1 is 0.903 bits per heavy atom. The van der Waals surface area contributed by atoms with Gasteiger partial charge >= 0.3 is 5.97 Å². The highest BCUT2D eigenvalue weighted by Crippen LogP contribution is 2.33. The number of aromatic amines is 1. The van der Waals surface area contributed by atoms with E-state index in [1.54, 1.807) is 42.5 Å². The van der Waals surface area contributed by atoms with Gasteiger partial charge in [0.05, 0.1) is 33.6 Å². The van der Waals surface area contributed by atoms with Crippen molar-refractivity contribution in [3.63, 3.8) is 0 Å². The molecule has 1 aliphatic rings. The smallest absolute Gasteiger partial charge is 0.335 e. The van der Waals surface area contributed by atoms with Gasteiger partial charge in [0.25, 0.3) is 11.8 Å². The lowest BCUT2D eigenvalue weighted by molar-refractivity contribution is 0.0695. The molecule has 2 amide bonds. The largest absolute Gasteiger partial charge is 0.478 e. The molecule has 0 unspecified atom stereocenters. The summed E-state index contributed by atoms with van der Waals surface area (Å²) in [6.07, 6.45) is 3.48. The Labute approximate surface area is 176 Å². The zero-order valence-corrected chi connectivity index (χ0v) is 16.1. The third kappa shape index (κ3) is 3.00. The van der Waals surface area contributed by atoms with Crippen molar-refractivity contribution in [3.05, 3.63) is 94.7 Å². The normalized spacial score (nSPS) is 13.4. The quantitative estimate of drug-likeness (QED) is 0.491. The summed E-state index contributed by atoms with van der Waals surface area (Å²) < 4.78 is 0. The average Bonchev–Trinajstić information content (AvgIpc) is 3.31. The number of benzene rings is 3. The standard InChI is InChI=1S/C24H15N3O4/c28-22-16-5-1-2-6-17(16)23(29)27(22)21-13-15(24(30)31)10-9-14(21)11-12-20-18-7-3-4-8-19(18)25-26-20/h1-13H,(H,25,26)(H,30,31)/b12-11+. The molecule has 4 aromatic rings. The number of nitrogens with one attached hydrogen (secondary N) is 1. The fourth-order valence-corrected chi connectivity index (χ4v) is 3.70. The molecular weight excluding hydrogens is 394 g/mol. The average molecular weight is 409 g/mol. The van der Waals surface area contributed by atoms with Crippen molar-refractivity contribution in [2.45, 2.75) is 0 Å². The molecule has 7 nitrogen and oxygen atoms in total. The van der Waals surface area contributed by atoms with Crippen LogP contribution in [0.5, 0.6) is 0 Å². The van der Waals surface area contributed by atoms with Gasteiger partial charge in [0.2, 0.25) is 0 Å². The van der Waals surface area contributed by atoms with Gasteiger partial charge in [-0.1, -0.05) is 42.5 Å². The molecule has 0 atom stereocenters. The minimum absolute atomic E-state index is 0.0195. The molecule has 0 spiro atoms. The fraction of sp³-hybridized carbons (Fsp3) is 0. The summed E-state index contributed by atoms with van der Waals surface area (Å²) in [7, 11) is 0. The van der Waals surface area contributed by atoms with Gasteiger partial charge in [-0.3, -0.25) is 14.7 Å². The van der Waals surface area contributed by atoms with Gasteiger partial charge in [0, 0.05) is 5.39 Å². The second kappa shape index (κ2) is 7.07. The Kier molecular flexibility index (Phi) is 4.22. The molecular formula is C24H15N3O4. The van der Waals surface area contributed by atoms with Crippen LogP contribution in [0, 0.1) is 0 Å². The lowest BCUT2D eigenvalue weighted by Gasteiger charge is -2.17. The van der Waals surface area contributed by atoms with Crippen LogP contribution in [0.3, 0.4) is 0 Å². The molecule has 0 saturated heterocycles. The van der Waals surface area contributed by atoms with Crippen molar-refractivity contribution in [3.8, 4) is 0 Å². The molecule has 0 radical (unpaired) electrons. The number of rotatable bonds is 4. The second-order valence-corrected chi connectivity index (χ2v) is 7.06. The number of anilines is 1. The zero-order valence-electron chi connectivity index (χ0n) is 16.1. The van der Waals surface area contributed by atoms with Crippen LogP contribution in [-0.2, 0) is 0 Å². The third-order valence-electron chi connectivity index (χ3n) is 5.23. The van der Waals surface area contributed by atoms with Crippen LogP contribution < -0.4 is 4.90 Å². The number of fused-ring (bicyclic) bond motifs is 2. The van der Waals surface area contributed by atoms with Gasteiger partial charge in [0.15, 0.2) is 0 Å². The highest BCUT2D eigenvalue weighted by atomic mass is 16.4. The molecule has 31 heavy (non-hydrogen) atoms. The van der Waals surface area contributed by atoms with E-state index in [9.17, 15) is 19.5 Å². The topological polar surface area (TPSA) is 103 Å². The van der Waals surface area contributed by atoms with Gasteiger partial charge in [-0.15, -0.1) is 0 Å². The summed E-state index contributed by atoms with van der Waals surface area (Å²) in [5, 5.41) is 17.6. The summed E-state index contributed by atoms with van der Waals surface area (Å²) in [6.45, 7) is 0. The Morgan fingerprint density at radius 3 is 2.29 bits per heavy atom. The van der Waals surface area contributed by atoms with Crippen LogP contribution >= 0.6 is 0 Å². The van der Waals surface area contributed by atoms with Crippen molar-refractivity contribution >= 4 is 46.5 Å². The number of carbonyl (C=O) groups excluding carboxylic acids is 2. The molecule has 3 aromatic carbocycles. The SMILES string of the molecule is O=C(O)c1ccc(/C=C/c2n[nH]c3ccccc23)c(N2C(=O)c3ccccc3C2=O)c1. The minimum atomic E-state index is -1.15. The number of aromatic nitrogens is 2. The van der Waals surface area contributed by atoms with E-state index in [1.165, 1.54) is 12.1 Å². The van der Waals surface area contributed by atoms with Gasteiger partial charge in [-0.05, 0) is 42.0 Å². The second-order valence-electron chi connectivity index (χ2n) is 7.06. The Bertz CT molecular complexity index is 1380. The third-order valence-corrected chi connectivity index (χ3v) is 5.23. The van der Waals surface area contributed by atoms with Gasteiger partial charge in [-0.2, -0.15) is 5.10 Å². The van der Waals surface area contributed by atoms with E-state index in [0.29, 0.717) is 22.4 Å². The number of aromatic carboxylic acids is 1. The molecule has 2 heterocycles. The highest BCUT2D eigenvalue weighted by molar-refractivity contribution is 6.35. The number of carbonyl (C=O) groups is 3. The van der Waals surface area contributed by atoms with E-state index in [-0.39, 0.29) is 11.3 Å². The summed E-state index contributed by atoms with van der Waals surface area (Å²) in [5.74, 6) is -2.11. The molecule has 0 aliphatic carbocycles. The van der Waals surface area contributed by atoms with E-state index < -0.39 is 17.8 Å². The van der Waals surface area contributed by atoms with E-state index in [0.717, 1.165) is 15.8 Å². The van der Waals surface area contributed by atoms with Crippen LogP contribution in [0.1, 0.15) is 42.3 Å². The van der Waals surface area contributed by atoms with E-state index in [1.807, 2.05) is 24.3 Å². The van der Waals surface area contributed by atoms with E-state index in [4.69, 9.17) is 0 Å². The van der Waals surface area contributed by atoms with Crippen LogP contribution in [-0.4, -0.2) is 33.1 Å². The highest BCUT2D eigenvalue weighted by Gasteiger charge is 2.37. The number of imide groups is 1. The molecule has 0 saturated carbocycles. The van der Waals surface area contributed by atoms with Gasteiger partial charge in [-0.25, -0.2) is 9.69 Å². The maximum Gasteiger partial charge on any atom is 0.335 e. The van der Waals surface area contributed by atoms with E-state index >= 15 is 0 Å². The zero-order chi connectivity index (χ0) is 21.5. The first-order valence-electron chi connectivity index (χ1n) is 9.51. The number of nitrogens with zero attached hydrogens (tertiary/aromatic N) is 2. The fourth-order valence-electron chi connectivity index (χ4n) is 3.70. The van der Waals surface area contributed by atoms with E-state index in [2.05, 4.69) is 10.2 Å². The first kappa shape index (κ1) is 18.5. The summed E-state index contributed by atoms with van der Waals surface area (Å²) in [4.78, 5) is 38.5. The number of carboxylic acids is 1. The predicted molar refractivity (Wildman–Crippen MR) is 116 cm³/mol. The maximum atomic E-state index is 13.0. The summed E-state index contributed by atoms with van der Waals surface area (Å²) in [6, 6.07) is 18.5. The number of amides is 2. The van der Waals surface area contributed by atoms with Crippen LogP contribution in [0.15, 0.2) is 66.7 Å². The monoisotopic (exact) mass is 409 g/mol. The molecule has 0 bridgehead atoms. The molecule has 5 rings (SSSR count). The predicted octanol–water partition coefficient (Wildman–Crippen LogP) is 4.23. The lowest BCUT2D eigenvalue weighted by atomic mass is 10.1.